The van der Waals surface area contributed by atoms with Crippen molar-refractivity contribution >= 4 is 45.8 Å². The van der Waals surface area contributed by atoms with Crippen molar-refractivity contribution in [2.24, 2.45) is 0 Å². The predicted octanol–water partition coefficient (Wildman–Crippen LogP) is 4.48. The summed E-state index contributed by atoms with van der Waals surface area (Å²) >= 11 is 7.78. The van der Waals surface area contributed by atoms with Gasteiger partial charge in [-0.3, -0.25) is 4.79 Å². The van der Waals surface area contributed by atoms with Gasteiger partial charge in [-0.05, 0) is 52.9 Å². The lowest BCUT2D eigenvalue weighted by atomic mass is 10.2. The van der Waals surface area contributed by atoms with Crippen LogP contribution in [0.15, 0.2) is 36.4 Å². The average Bonchev–Trinajstić information content (AvgIpc) is 2.35. The van der Waals surface area contributed by atoms with Gasteiger partial charge in [-0.15, -0.1) is 0 Å². The molecule has 2 nitrogen and oxygen atoms in total. The van der Waals surface area contributed by atoms with Gasteiger partial charge in [-0.2, -0.15) is 0 Å². The maximum Gasteiger partial charge on any atom is 0.256 e. The SMILES string of the molecule is O=C(Nc1ccc(F)cc1F)c1cc(Cl)ccc1I. The molecule has 2 aromatic rings. The second kappa shape index (κ2) is 5.83. The number of carbonyl (C=O) groups is 1. The molecule has 0 fully saturated rings. The molecule has 1 N–H and O–H groups in total. The molecular formula is C13H7ClF2INO. The summed E-state index contributed by atoms with van der Waals surface area (Å²) in [6.45, 7) is 0. The zero-order valence-electron chi connectivity index (χ0n) is 9.38. The molecule has 0 saturated carbocycles. The first-order valence-corrected chi connectivity index (χ1v) is 6.64. The van der Waals surface area contributed by atoms with Gasteiger partial charge >= 0.3 is 0 Å². The summed E-state index contributed by atoms with van der Waals surface area (Å²) in [7, 11) is 0. The maximum atomic E-state index is 13.4. The highest BCUT2D eigenvalue weighted by molar-refractivity contribution is 14.1. The highest BCUT2D eigenvalue weighted by Crippen LogP contribution is 2.21. The lowest BCUT2D eigenvalue weighted by Crippen LogP contribution is -2.14. The fourth-order valence-corrected chi connectivity index (χ4v) is 2.20. The third-order valence-electron chi connectivity index (χ3n) is 2.35. The number of rotatable bonds is 2. The monoisotopic (exact) mass is 393 g/mol. The third kappa shape index (κ3) is 3.42. The molecule has 19 heavy (non-hydrogen) atoms. The van der Waals surface area contributed by atoms with Crippen molar-refractivity contribution in [3.63, 3.8) is 0 Å². The normalized spacial score (nSPS) is 10.3. The number of hydrogen-bond acceptors (Lipinski definition) is 1. The fraction of sp³-hybridized carbons (Fsp3) is 0. The number of hydrogen-bond donors (Lipinski definition) is 1. The minimum absolute atomic E-state index is 0.0813. The number of halogens is 4. The Morgan fingerprint density at radius 3 is 2.58 bits per heavy atom. The van der Waals surface area contributed by atoms with Crippen LogP contribution in [0.2, 0.25) is 5.02 Å². The van der Waals surface area contributed by atoms with E-state index in [-0.39, 0.29) is 5.69 Å². The van der Waals surface area contributed by atoms with E-state index in [1.54, 1.807) is 12.1 Å². The van der Waals surface area contributed by atoms with E-state index in [1.165, 1.54) is 12.1 Å². The van der Waals surface area contributed by atoms with E-state index >= 15 is 0 Å². The van der Waals surface area contributed by atoms with Crippen molar-refractivity contribution in [3.05, 3.63) is 62.2 Å². The summed E-state index contributed by atoms with van der Waals surface area (Å²) in [6.07, 6.45) is 0. The van der Waals surface area contributed by atoms with Gasteiger partial charge in [0.15, 0.2) is 0 Å². The van der Waals surface area contributed by atoms with Crippen molar-refractivity contribution in [2.45, 2.75) is 0 Å². The van der Waals surface area contributed by atoms with Crippen LogP contribution in [0.4, 0.5) is 14.5 Å². The van der Waals surface area contributed by atoms with Crippen molar-refractivity contribution in [3.8, 4) is 0 Å². The summed E-state index contributed by atoms with van der Waals surface area (Å²) in [5.41, 5.74) is 0.249. The molecule has 0 atom stereocenters. The first kappa shape index (κ1) is 14.2. The van der Waals surface area contributed by atoms with Crippen LogP contribution in [0.5, 0.6) is 0 Å². The summed E-state index contributed by atoms with van der Waals surface area (Å²) in [5, 5.41) is 2.79. The smallest absolute Gasteiger partial charge is 0.256 e. The molecule has 0 bridgehead atoms. The highest BCUT2D eigenvalue weighted by atomic mass is 127. The van der Waals surface area contributed by atoms with Gasteiger partial charge in [0.25, 0.3) is 5.91 Å². The molecule has 2 rings (SSSR count). The lowest BCUT2D eigenvalue weighted by Gasteiger charge is -2.08. The van der Waals surface area contributed by atoms with Gasteiger partial charge in [0.2, 0.25) is 0 Å². The van der Waals surface area contributed by atoms with E-state index < -0.39 is 17.5 Å². The quantitative estimate of drug-likeness (QED) is 0.749. The van der Waals surface area contributed by atoms with Crippen molar-refractivity contribution in [1.29, 1.82) is 0 Å². The molecule has 6 heteroatoms. The number of amides is 1. The van der Waals surface area contributed by atoms with Gasteiger partial charge in [-0.25, -0.2) is 8.78 Å². The zero-order valence-corrected chi connectivity index (χ0v) is 12.3. The van der Waals surface area contributed by atoms with Gasteiger partial charge in [0.1, 0.15) is 11.6 Å². The third-order valence-corrected chi connectivity index (χ3v) is 3.53. The molecule has 0 aliphatic carbocycles. The van der Waals surface area contributed by atoms with Crippen LogP contribution in [0.3, 0.4) is 0 Å². The molecule has 0 radical (unpaired) electrons. The molecule has 1 amide bonds. The van der Waals surface area contributed by atoms with Crippen LogP contribution in [-0.4, -0.2) is 5.91 Å². The lowest BCUT2D eigenvalue weighted by molar-refractivity contribution is 0.102. The summed E-state index contributed by atoms with van der Waals surface area (Å²) in [5.74, 6) is -2.03. The van der Waals surface area contributed by atoms with Gasteiger partial charge < -0.3 is 5.32 Å². The molecule has 2 aromatic carbocycles. The van der Waals surface area contributed by atoms with Crippen LogP contribution in [0.1, 0.15) is 10.4 Å². The number of benzene rings is 2. The van der Waals surface area contributed by atoms with E-state index in [1.807, 2.05) is 22.6 Å². The Labute approximate surface area is 126 Å². The second-order valence-corrected chi connectivity index (χ2v) is 5.30. The second-order valence-electron chi connectivity index (χ2n) is 3.70. The van der Waals surface area contributed by atoms with Crippen molar-refractivity contribution in [1.82, 2.24) is 0 Å². The van der Waals surface area contributed by atoms with Gasteiger partial charge in [0.05, 0.1) is 11.3 Å². The Morgan fingerprint density at radius 2 is 1.89 bits per heavy atom. The number of anilines is 1. The molecule has 0 unspecified atom stereocenters. The number of carbonyl (C=O) groups excluding carboxylic acids is 1. The average molecular weight is 394 g/mol. The molecule has 0 heterocycles. The van der Waals surface area contributed by atoms with Gasteiger partial charge in [0, 0.05) is 14.7 Å². The Bertz CT molecular complexity index is 649. The Hall–Kier alpha value is -1.21. The van der Waals surface area contributed by atoms with E-state index in [0.29, 0.717) is 20.2 Å². The minimum atomic E-state index is -0.828. The van der Waals surface area contributed by atoms with E-state index in [0.717, 1.165) is 6.07 Å². The largest absolute Gasteiger partial charge is 0.319 e. The maximum absolute atomic E-state index is 13.4. The van der Waals surface area contributed by atoms with Gasteiger partial charge in [-0.1, -0.05) is 11.6 Å². The van der Waals surface area contributed by atoms with E-state index in [2.05, 4.69) is 5.32 Å². The summed E-state index contributed by atoms with van der Waals surface area (Å²) in [4.78, 5) is 12.0. The molecule has 0 aliphatic heterocycles. The molecule has 0 aromatic heterocycles. The Kier molecular flexibility index (Phi) is 4.36. The standard InChI is InChI=1S/C13H7ClF2INO/c14-7-1-3-11(17)9(5-7)13(19)18-12-4-2-8(15)6-10(12)16/h1-6H,(H,18,19). The van der Waals surface area contributed by atoms with E-state index in [4.69, 9.17) is 11.6 Å². The highest BCUT2D eigenvalue weighted by Gasteiger charge is 2.13. The predicted molar refractivity (Wildman–Crippen MR) is 78.5 cm³/mol. The van der Waals surface area contributed by atoms with Crippen molar-refractivity contribution < 1.29 is 13.6 Å². The first-order chi connectivity index (χ1) is 8.97. The van der Waals surface area contributed by atoms with Crippen LogP contribution >= 0.6 is 34.2 Å². The summed E-state index contributed by atoms with van der Waals surface area (Å²) in [6, 6.07) is 7.76. The molecule has 0 aliphatic rings. The zero-order chi connectivity index (χ0) is 14.0. The van der Waals surface area contributed by atoms with Crippen LogP contribution in [0.25, 0.3) is 0 Å². The Morgan fingerprint density at radius 1 is 1.16 bits per heavy atom. The van der Waals surface area contributed by atoms with Crippen LogP contribution in [-0.2, 0) is 0 Å². The van der Waals surface area contributed by atoms with Crippen molar-refractivity contribution in [2.75, 3.05) is 5.32 Å². The van der Waals surface area contributed by atoms with Crippen LogP contribution in [0, 0.1) is 15.2 Å². The molecular weight excluding hydrogens is 387 g/mol. The number of nitrogens with one attached hydrogen (secondary N) is 1. The van der Waals surface area contributed by atoms with E-state index in [9.17, 15) is 13.6 Å². The Balaban J connectivity index is 2.28. The first-order valence-electron chi connectivity index (χ1n) is 5.19. The topological polar surface area (TPSA) is 29.1 Å². The molecule has 0 saturated heterocycles. The minimum Gasteiger partial charge on any atom is -0.319 e. The summed E-state index contributed by atoms with van der Waals surface area (Å²) < 4.78 is 26.9. The molecule has 0 spiro atoms. The molecule has 98 valence electrons. The van der Waals surface area contributed by atoms with Crippen LogP contribution < -0.4 is 5.32 Å². The fourth-order valence-electron chi connectivity index (χ4n) is 1.45.